The van der Waals surface area contributed by atoms with Crippen molar-refractivity contribution in [1.82, 2.24) is 0 Å². The summed E-state index contributed by atoms with van der Waals surface area (Å²) < 4.78 is 11.4. The number of ether oxygens (including phenoxy) is 2. The van der Waals surface area contributed by atoms with Crippen molar-refractivity contribution in [2.45, 2.75) is 70.3 Å². The van der Waals surface area contributed by atoms with E-state index >= 15 is 0 Å². The highest BCUT2D eigenvalue weighted by Gasteiger charge is 2.68. The summed E-state index contributed by atoms with van der Waals surface area (Å²) in [4.78, 5) is 40.5. The number of methoxy groups -OCH3 is 1. The van der Waals surface area contributed by atoms with Gasteiger partial charge in [0.05, 0.1) is 0 Å². The van der Waals surface area contributed by atoms with E-state index in [0.29, 0.717) is 18.8 Å². The second kappa shape index (κ2) is 9.54. The van der Waals surface area contributed by atoms with Gasteiger partial charge in [0.2, 0.25) is 5.78 Å². The van der Waals surface area contributed by atoms with Crippen LogP contribution in [-0.2, 0) is 23.9 Å². The fourth-order valence-electron chi connectivity index (χ4n) is 8.13. The van der Waals surface area contributed by atoms with E-state index in [4.69, 9.17) is 9.47 Å². The zero-order valence-corrected chi connectivity index (χ0v) is 22.8. The normalized spacial score (nSPS) is 32.7. The summed E-state index contributed by atoms with van der Waals surface area (Å²) in [5, 5.41) is 0. The maximum Gasteiger partial charge on any atom is 0.303 e. The molecule has 5 atom stereocenters. The minimum absolute atomic E-state index is 0.0641. The fourth-order valence-corrected chi connectivity index (χ4v) is 8.13. The minimum atomic E-state index is -1.18. The molecule has 0 aromatic heterocycles. The second-order valence-corrected chi connectivity index (χ2v) is 11.8. The minimum Gasteiger partial charge on any atom is -0.451 e. The molecule has 37 heavy (non-hydrogen) atoms. The third-order valence-corrected chi connectivity index (χ3v) is 9.71. The molecule has 6 heteroatoms. The first-order chi connectivity index (χ1) is 17.6. The van der Waals surface area contributed by atoms with Crippen molar-refractivity contribution in [3.8, 4) is 0 Å². The molecule has 0 bridgehead atoms. The highest BCUT2D eigenvalue weighted by atomic mass is 16.6. The summed E-state index contributed by atoms with van der Waals surface area (Å²) in [5.74, 6) is 0.301. The SMILES string of the molecule is COCC(=O)[C@@]1(OC(C)=O)CCC2C3CCC4=CC(=O)CCC4=C3C(c3ccc(N(C)C)cc3)C[C@@]21C. The predicted molar refractivity (Wildman–Crippen MR) is 142 cm³/mol. The van der Waals surface area contributed by atoms with Gasteiger partial charge in [-0.15, -0.1) is 0 Å². The van der Waals surface area contributed by atoms with Gasteiger partial charge >= 0.3 is 5.97 Å². The fraction of sp³-hybridized carbons (Fsp3) is 0.581. The van der Waals surface area contributed by atoms with Crippen LogP contribution in [0.2, 0.25) is 0 Å². The Morgan fingerprint density at radius 3 is 2.46 bits per heavy atom. The molecule has 0 N–H and O–H groups in total. The number of Topliss-reactive ketones (excluding diaryl/α,β-unsaturated/α-hetero) is 1. The van der Waals surface area contributed by atoms with E-state index in [-0.39, 0.29) is 30.0 Å². The van der Waals surface area contributed by atoms with Crippen molar-refractivity contribution >= 4 is 23.2 Å². The Morgan fingerprint density at radius 2 is 1.81 bits per heavy atom. The van der Waals surface area contributed by atoms with Crippen molar-refractivity contribution in [2.75, 3.05) is 32.7 Å². The van der Waals surface area contributed by atoms with Gasteiger partial charge in [0.25, 0.3) is 0 Å². The third kappa shape index (κ3) is 4.08. The van der Waals surface area contributed by atoms with Gasteiger partial charge in [-0.1, -0.05) is 24.6 Å². The highest BCUT2D eigenvalue weighted by molar-refractivity contribution is 5.93. The molecule has 0 aliphatic heterocycles. The smallest absolute Gasteiger partial charge is 0.303 e. The van der Waals surface area contributed by atoms with E-state index in [0.717, 1.165) is 37.8 Å². The van der Waals surface area contributed by atoms with Gasteiger partial charge in [-0.25, -0.2) is 0 Å². The number of nitrogens with zero attached hydrogens (tertiary/aromatic N) is 1. The Balaban J connectivity index is 1.68. The molecule has 6 nitrogen and oxygen atoms in total. The van der Waals surface area contributed by atoms with Crippen LogP contribution in [0.25, 0.3) is 0 Å². The number of ketones is 2. The lowest BCUT2D eigenvalue weighted by Gasteiger charge is -2.55. The highest BCUT2D eigenvalue weighted by Crippen LogP contribution is 2.67. The first kappa shape index (κ1) is 25.9. The molecule has 1 aromatic carbocycles. The van der Waals surface area contributed by atoms with E-state index in [1.165, 1.54) is 36.3 Å². The Kier molecular flexibility index (Phi) is 6.68. The van der Waals surface area contributed by atoms with Crippen molar-refractivity contribution in [3.63, 3.8) is 0 Å². The Hall–Kier alpha value is -2.73. The van der Waals surface area contributed by atoms with Crippen LogP contribution in [-0.4, -0.2) is 50.9 Å². The number of fused-ring (bicyclic) bond motifs is 4. The average Bonchev–Trinajstić information content (AvgIpc) is 3.15. The van der Waals surface area contributed by atoms with Gasteiger partial charge in [0, 0.05) is 51.6 Å². The number of rotatable bonds is 6. The number of esters is 1. The van der Waals surface area contributed by atoms with E-state index in [1.54, 1.807) is 0 Å². The molecule has 4 aliphatic rings. The molecule has 2 saturated carbocycles. The zero-order valence-electron chi connectivity index (χ0n) is 22.8. The lowest BCUT2D eigenvalue weighted by atomic mass is 9.50. The molecule has 2 fully saturated rings. The summed E-state index contributed by atoms with van der Waals surface area (Å²) in [6, 6.07) is 8.72. The van der Waals surface area contributed by atoms with Crippen LogP contribution in [0.4, 0.5) is 5.69 Å². The predicted octanol–water partition coefficient (Wildman–Crippen LogP) is 5.17. The van der Waals surface area contributed by atoms with E-state index in [1.807, 2.05) is 20.2 Å². The first-order valence-corrected chi connectivity index (χ1v) is 13.6. The average molecular weight is 506 g/mol. The number of hydrogen-bond acceptors (Lipinski definition) is 6. The first-order valence-electron chi connectivity index (χ1n) is 13.6. The summed E-state index contributed by atoms with van der Waals surface area (Å²) in [6.45, 7) is 3.52. The molecule has 0 saturated heterocycles. The van der Waals surface area contributed by atoms with Crippen molar-refractivity contribution in [3.05, 3.63) is 52.6 Å². The maximum atomic E-state index is 13.7. The van der Waals surface area contributed by atoms with Gasteiger partial charge in [-0.05, 0) is 85.3 Å². The number of carbonyl (C=O) groups is 3. The molecule has 198 valence electrons. The van der Waals surface area contributed by atoms with Crippen LogP contribution in [0.1, 0.15) is 70.3 Å². The quantitative estimate of drug-likeness (QED) is 0.497. The number of carbonyl (C=O) groups excluding carboxylic acids is 3. The molecule has 0 amide bonds. The number of anilines is 1. The van der Waals surface area contributed by atoms with E-state index in [9.17, 15) is 14.4 Å². The number of benzene rings is 1. The molecule has 0 heterocycles. The van der Waals surface area contributed by atoms with Crippen LogP contribution in [0.5, 0.6) is 0 Å². The molecular weight excluding hydrogens is 466 g/mol. The van der Waals surface area contributed by atoms with Crippen LogP contribution >= 0.6 is 0 Å². The van der Waals surface area contributed by atoms with Gasteiger partial charge < -0.3 is 14.4 Å². The standard InChI is InChI=1S/C31H39NO5/c1-19(33)37-31(28(35)18-36-5)15-14-27-25-12-8-21-16-23(34)11-13-24(21)29(25)26(17-30(27,31)2)20-6-9-22(10-7-20)32(3)4/h6-7,9-10,16,25-27H,8,11-15,17-18H2,1-5H3/t25?,26?,27?,30-,31-/m0/s1. The van der Waals surface area contributed by atoms with Gasteiger partial charge in [-0.2, -0.15) is 0 Å². The van der Waals surface area contributed by atoms with Crippen LogP contribution in [0.3, 0.4) is 0 Å². The topological polar surface area (TPSA) is 72.9 Å². The van der Waals surface area contributed by atoms with Crippen molar-refractivity contribution < 1.29 is 23.9 Å². The molecule has 0 spiro atoms. The molecule has 1 aromatic rings. The largest absolute Gasteiger partial charge is 0.451 e. The Labute approximate surface area is 220 Å². The van der Waals surface area contributed by atoms with Gasteiger partial charge in [0.1, 0.15) is 6.61 Å². The van der Waals surface area contributed by atoms with Gasteiger partial charge in [-0.3, -0.25) is 14.4 Å². The van der Waals surface area contributed by atoms with Crippen LogP contribution in [0, 0.1) is 17.3 Å². The lowest BCUT2D eigenvalue weighted by Crippen LogP contribution is -2.58. The molecule has 0 radical (unpaired) electrons. The summed E-state index contributed by atoms with van der Waals surface area (Å²) >= 11 is 0. The Morgan fingerprint density at radius 1 is 1.08 bits per heavy atom. The molecule has 4 aliphatic carbocycles. The molecular formula is C31H39NO5. The van der Waals surface area contributed by atoms with Crippen LogP contribution < -0.4 is 4.90 Å². The molecule has 5 rings (SSSR count). The maximum absolute atomic E-state index is 13.7. The summed E-state index contributed by atoms with van der Waals surface area (Å²) in [7, 11) is 5.59. The van der Waals surface area contributed by atoms with Crippen LogP contribution in [0.15, 0.2) is 47.1 Å². The van der Waals surface area contributed by atoms with Crippen molar-refractivity contribution in [1.29, 1.82) is 0 Å². The monoisotopic (exact) mass is 505 g/mol. The van der Waals surface area contributed by atoms with E-state index < -0.39 is 17.0 Å². The zero-order chi connectivity index (χ0) is 26.5. The summed E-state index contributed by atoms with van der Waals surface area (Å²) in [6.07, 6.45) is 7.17. The number of hydrogen-bond donors (Lipinski definition) is 0. The van der Waals surface area contributed by atoms with Gasteiger partial charge in [0.15, 0.2) is 11.4 Å². The Bertz CT molecular complexity index is 1180. The number of allylic oxidation sites excluding steroid dienone is 4. The lowest BCUT2D eigenvalue weighted by molar-refractivity contribution is -0.185. The second-order valence-electron chi connectivity index (χ2n) is 11.8. The third-order valence-electron chi connectivity index (χ3n) is 9.71. The summed E-state index contributed by atoms with van der Waals surface area (Å²) in [5.41, 5.74) is 4.70. The molecule has 3 unspecified atom stereocenters. The van der Waals surface area contributed by atoms with Crippen molar-refractivity contribution in [2.24, 2.45) is 17.3 Å². The van der Waals surface area contributed by atoms with E-state index in [2.05, 4.69) is 36.1 Å².